The van der Waals surface area contributed by atoms with Crippen molar-refractivity contribution in [2.75, 3.05) is 6.61 Å². The Hall–Kier alpha value is -2.50. The number of hydrogen-bond donors (Lipinski definition) is 0. The van der Waals surface area contributed by atoms with Crippen LogP contribution in [0.4, 0.5) is 4.39 Å². The molecule has 0 unspecified atom stereocenters. The maximum Gasteiger partial charge on any atom is 0.256 e. The molecule has 1 heterocycles. The van der Waals surface area contributed by atoms with Gasteiger partial charge in [-0.3, -0.25) is 14.2 Å². The second-order valence-electron chi connectivity index (χ2n) is 6.03. The Morgan fingerprint density at radius 2 is 1.96 bits per heavy atom. The highest BCUT2D eigenvalue weighted by atomic mass is 19.1. The van der Waals surface area contributed by atoms with E-state index in [1.54, 1.807) is 31.2 Å². The van der Waals surface area contributed by atoms with Gasteiger partial charge in [0, 0.05) is 17.3 Å². The number of nitrogens with zero attached hydrogens (tertiary/aromatic N) is 2. The molecule has 0 saturated carbocycles. The van der Waals surface area contributed by atoms with Gasteiger partial charge in [-0.2, -0.15) is 0 Å². The molecule has 128 valence electrons. The van der Waals surface area contributed by atoms with Crippen LogP contribution in [0.1, 0.15) is 35.6 Å². The number of ether oxygens (including phenoxy) is 1. The lowest BCUT2D eigenvalue weighted by atomic mass is 10.1. The Labute approximate surface area is 140 Å². The fraction of sp³-hybridized carbons (Fsp3) is 0.389. The zero-order valence-corrected chi connectivity index (χ0v) is 14.1. The number of benzene rings is 1. The van der Waals surface area contributed by atoms with Crippen molar-refractivity contribution in [1.29, 1.82) is 0 Å². The molecule has 0 spiro atoms. The maximum atomic E-state index is 13.0. The molecule has 0 bridgehead atoms. The van der Waals surface area contributed by atoms with Crippen molar-refractivity contribution < 1.29 is 13.9 Å². The van der Waals surface area contributed by atoms with Gasteiger partial charge in [-0.1, -0.05) is 13.8 Å². The number of aryl methyl sites for hydroxylation is 1. The average molecular weight is 332 g/mol. The predicted octanol–water partition coefficient (Wildman–Crippen LogP) is 2.94. The van der Waals surface area contributed by atoms with Gasteiger partial charge in [0.2, 0.25) is 0 Å². The standard InChI is InChI=1S/C18H21FN2O3/c1-12(2)11-24-15-6-4-14(5-7-15)16(22)10-21-17(8-19)20-9-13(3)18(21)23/h4-7,9,12H,8,10-11H2,1-3H3. The Morgan fingerprint density at radius 1 is 1.29 bits per heavy atom. The van der Waals surface area contributed by atoms with Crippen LogP contribution in [0.5, 0.6) is 5.75 Å². The molecule has 1 aromatic carbocycles. The van der Waals surface area contributed by atoms with Crippen molar-refractivity contribution in [1.82, 2.24) is 9.55 Å². The van der Waals surface area contributed by atoms with E-state index >= 15 is 0 Å². The molecule has 5 nitrogen and oxygen atoms in total. The number of rotatable bonds is 7. The first-order valence-corrected chi connectivity index (χ1v) is 7.79. The van der Waals surface area contributed by atoms with Crippen LogP contribution in [-0.2, 0) is 13.2 Å². The van der Waals surface area contributed by atoms with E-state index in [-0.39, 0.29) is 18.2 Å². The first-order chi connectivity index (χ1) is 11.4. The molecule has 0 N–H and O–H groups in total. The van der Waals surface area contributed by atoms with Crippen molar-refractivity contribution in [2.45, 2.75) is 34.0 Å². The molecule has 0 atom stereocenters. The molecule has 1 aromatic heterocycles. The van der Waals surface area contributed by atoms with Crippen molar-refractivity contribution in [2.24, 2.45) is 5.92 Å². The van der Waals surface area contributed by atoms with Crippen LogP contribution >= 0.6 is 0 Å². The summed E-state index contributed by atoms with van der Waals surface area (Å²) >= 11 is 0. The van der Waals surface area contributed by atoms with Gasteiger partial charge in [-0.25, -0.2) is 9.37 Å². The number of halogens is 1. The topological polar surface area (TPSA) is 61.2 Å². The third-order valence-corrected chi connectivity index (χ3v) is 3.48. The zero-order chi connectivity index (χ0) is 17.7. The lowest BCUT2D eigenvalue weighted by Gasteiger charge is -2.11. The number of hydrogen-bond acceptors (Lipinski definition) is 4. The Kier molecular flexibility index (Phi) is 5.84. The number of carbonyl (C=O) groups is 1. The van der Waals surface area contributed by atoms with Gasteiger partial charge in [-0.05, 0) is 37.1 Å². The molecule has 0 aliphatic rings. The van der Waals surface area contributed by atoms with Crippen LogP contribution in [0, 0.1) is 12.8 Å². The largest absolute Gasteiger partial charge is 0.493 e. The zero-order valence-electron chi connectivity index (χ0n) is 14.1. The van der Waals surface area contributed by atoms with E-state index in [4.69, 9.17) is 4.74 Å². The van der Waals surface area contributed by atoms with Crippen LogP contribution in [0.25, 0.3) is 0 Å². The highest BCUT2D eigenvalue weighted by molar-refractivity contribution is 5.96. The molecular weight excluding hydrogens is 311 g/mol. The number of Topliss-reactive ketones (excluding diaryl/α,β-unsaturated/α-hetero) is 1. The van der Waals surface area contributed by atoms with E-state index in [9.17, 15) is 14.0 Å². The minimum atomic E-state index is -0.898. The average Bonchev–Trinajstić information content (AvgIpc) is 2.57. The quantitative estimate of drug-likeness (QED) is 0.732. The molecule has 2 rings (SSSR count). The summed E-state index contributed by atoms with van der Waals surface area (Å²) < 4.78 is 19.7. The number of ketones is 1. The van der Waals surface area contributed by atoms with E-state index in [1.165, 1.54) is 6.20 Å². The number of carbonyl (C=O) groups excluding carboxylic acids is 1. The summed E-state index contributed by atoms with van der Waals surface area (Å²) in [5.74, 6) is 0.760. The third kappa shape index (κ3) is 4.28. The first kappa shape index (κ1) is 17.8. The summed E-state index contributed by atoms with van der Waals surface area (Å²) in [6.07, 6.45) is 1.32. The molecule has 0 fully saturated rings. The van der Waals surface area contributed by atoms with Gasteiger partial charge < -0.3 is 4.74 Å². The van der Waals surface area contributed by atoms with Crippen LogP contribution in [0.15, 0.2) is 35.3 Å². The van der Waals surface area contributed by atoms with Crippen molar-refractivity contribution in [3.8, 4) is 5.75 Å². The van der Waals surface area contributed by atoms with Crippen molar-refractivity contribution in [3.05, 3.63) is 57.8 Å². The Bertz CT molecular complexity index is 767. The van der Waals surface area contributed by atoms with Crippen LogP contribution in [0.3, 0.4) is 0 Å². The van der Waals surface area contributed by atoms with Gasteiger partial charge in [0.25, 0.3) is 5.56 Å². The molecule has 2 aromatic rings. The number of alkyl halides is 1. The monoisotopic (exact) mass is 332 g/mol. The summed E-state index contributed by atoms with van der Waals surface area (Å²) in [5.41, 5.74) is 0.408. The second kappa shape index (κ2) is 7.86. The first-order valence-electron chi connectivity index (χ1n) is 7.79. The fourth-order valence-electron chi connectivity index (χ4n) is 2.13. The lowest BCUT2D eigenvalue weighted by Crippen LogP contribution is -2.29. The lowest BCUT2D eigenvalue weighted by molar-refractivity contribution is 0.0968. The maximum absolute atomic E-state index is 13.0. The van der Waals surface area contributed by atoms with E-state index in [1.807, 2.05) is 13.8 Å². The third-order valence-electron chi connectivity index (χ3n) is 3.48. The highest BCUT2D eigenvalue weighted by Crippen LogP contribution is 2.14. The summed E-state index contributed by atoms with van der Waals surface area (Å²) in [5, 5.41) is 0. The van der Waals surface area contributed by atoms with Gasteiger partial charge in [0.1, 0.15) is 18.2 Å². The number of aromatic nitrogens is 2. The van der Waals surface area contributed by atoms with Gasteiger partial charge in [-0.15, -0.1) is 0 Å². The van der Waals surface area contributed by atoms with Crippen LogP contribution in [0.2, 0.25) is 0 Å². The Balaban J connectivity index is 2.16. The Morgan fingerprint density at radius 3 is 2.54 bits per heavy atom. The summed E-state index contributed by atoms with van der Waals surface area (Å²) in [6, 6.07) is 6.70. The molecule has 0 saturated heterocycles. The van der Waals surface area contributed by atoms with Gasteiger partial charge in [0.15, 0.2) is 5.78 Å². The molecule has 0 amide bonds. The SMILES string of the molecule is Cc1cnc(CF)n(CC(=O)c2ccc(OCC(C)C)cc2)c1=O. The molecule has 0 aliphatic carbocycles. The molecule has 0 radical (unpaired) electrons. The van der Waals surface area contributed by atoms with Crippen LogP contribution < -0.4 is 10.3 Å². The molecule has 6 heteroatoms. The van der Waals surface area contributed by atoms with E-state index in [2.05, 4.69) is 4.98 Å². The van der Waals surface area contributed by atoms with Crippen molar-refractivity contribution >= 4 is 5.78 Å². The van der Waals surface area contributed by atoms with E-state index < -0.39 is 12.2 Å². The van der Waals surface area contributed by atoms with E-state index in [0.717, 1.165) is 4.57 Å². The highest BCUT2D eigenvalue weighted by Gasteiger charge is 2.13. The molecule has 24 heavy (non-hydrogen) atoms. The fourth-order valence-corrected chi connectivity index (χ4v) is 2.13. The van der Waals surface area contributed by atoms with Crippen molar-refractivity contribution in [3.63, 3.8) is 0 Å². The minimum Gasteiger partial charge on any atom is -0.493 e. The molecule has 0 aliphatic heterocycles. The minimum absolute atomic E-state index is 0.0455. The predicted molar refractivity (Wildman–Crippen MR) is 89.2 cm³/mol. The second-order valence-corrected chi connectivity index (χ2v) is 6.03. The summed E-state index contributed by atoms with van der Waals surface area (Å²) in [6.45, 7) is 5.14. The normalized spacial score (nSPS) is 10.9. The van der Waals surface area contributed by atoms with E-state index in [0.29, 0.717) is 29.4 Å². The smallest absolute Gasteiger partial charge is 0.256 e. The summed E-state index contributed by atoms with van der Waals surface area (Å²) in [4.78, 5) is 28.3. The van der Waals surface area contributed by atoms with Gasteiger partial charge in [0.05, 0.1) is 13.2 Å². The summed E-state index contributed by atoms with van der Waals surface area (Å²) in [7, 11) is 0. The molecular formula is C18H21FN2O3. The van der Waals surface area contributed by atoms with Crippen LogP contribution in [-0.4, -0.2) is 21.9 Å². The van der Waals surface area contributed by atoms with Gasteiger partial charge >= 0.3 is 0 Å².